The molecule has 2 aliphatic rings. The van der Waals surface area contributed by atoms with Crippen molar-refractivity contribution in [3.8, 4) is 0 Å². The number of nitrogens with one attached hydrogen (secondary N) is 1. The van der Waals surface area contributed by atoms with Crippen LogP contribution in [0.3, 0.4) is 0 Å². The van der Waals surface area contributed by atoms with Crippen LogP contribution in [0.2, 0.25) is 0 Å². The number of hydrogen-bond donors (Lipinski definition) is 1. The Morgan fingerprint density at radius 1 is 1.17 bits per heavy atom. The molecule has 1 fully saturated rings. The Bertz CT molecular complexity index is 506. The van der Waals surface area contributed by atoms with Gasteiger partial charge in [0.1, 0.15) is 5.54 Å². The van der Waals surface area contributed by atoms with Crippen LogP contribution in [-0.2, 0) is 0 Å². The molecule has 1 N–H and O–H groups in total. The van der Waals surface area contributed by atoms with E-state index in [0.29, 0.717) is 11.3 Å². The van der Waals surface area contributed by atoms with E-state index < -0.39 is 11.1 Å². The van der Waals surface area contributed by atoms with E-state index in [1.54, 1.807) is 52.0 Å². The van der Waals surface area contributed by atoms with Gasteiger partial charge in [0.25, 0.3) is 0 Å². The minimum Gasteiger partial charge on any atom is -0.654 e. The summed E-state index contributed by atoms with van der Waals surface area (Å²) >= 11 is 0. The molecule has 0 unspecified atom stereocenters. The van der Waals surface area contributed by atoms with Crippen LogP contribution in [-0.4, -0.2) is 26.6 Å². The highest BCUT2D eigenvalue weighted by Gasteiger charge is 2.61. The van der Waals surface area contributed by atoms with E-state index in [-0.39, 0.29) is 5.82 Å². The largest absolute Gasteiger partial charge is 0.654 e. The van der Waals surface area contributed by atoms with E-state index in [1.165, 1.54) is 0 Å². The molecule has 1 saturated heterocycles. The smallest absolute Gasteiger partial charge is 0.320 e. The minimum atomic E-state index is -0.802. The molecule has 2 rings (SSSR count). The average Bonchev–Trinajstić information content (AvgIpc) is 2.41. The molecular weight excluding hydrogens is 230 g/mol. The first-order valence-electron chi connectivity index (χ1n) is 5.83. The van der Waals surface area contributed by atoms with Gasteiger partial charge in [0.2, 0.25) is 0 Å². The molecule has 0 bridgehead atoms. The fourth-order valence-electron chi connectivity index (χ4n) is 1.96. The van der Waals surface area contributed by atoms with E-state index in [4.69, 9.17) is 5.41 Å². The Morgan fingerprint density at radius 3 is 2.06 bits per heavy atom. The topological polar surface area (TPSA) is 70.2 Å². The Labute approximate surface area is 106 Å². The Morgan fingerprint density at radius 2 is 1.67 bits per heavy atom. The summed E-state index contributed by atoms with van der Waals surface area (Å²) in [5.41, 5.74) is -0.701. The molecule has 0 radical (unpaired) electrons. The van der Waals surface area contributed by atoms with Crippen LogP contribution in [0.5, 0.6) is 0 Å². The third-order valence-electron chi connectivity index (χ3n) is 4.04. The molecule has 18 heavy (non-hydrogen) atoms. The zero-order chi connectivity index (χ0) is 13.7. The number of rotatable bonds is 0. The van der Waals surface area contributed by atoms with Gasteiger partial charge in [-0.3, -0.25) is 5.06 Å². The monoisotopic (exact) mass is 247 g/mol. The van der Waals surface area contributed by atoms with Gasteiger partial charge in [-0.25, -0.2) is 0 Å². The van der Waals surface area contributed by atoms with Crippen LogP contribution in [0.4, 0.5) is 0 Å². The lowest BCUT2D eigenvalue weighted by Crippen LogP contribution is -2.50. The lowest BCUT2D eigenvalue weighted by molar-refractivity contribution is -0.566. The van der Waals surface area contributed by atoms with E-state index in [1.807, 2.05) is 0 Å². The van der Waals surface area contributed by atoms with Gasteiger partial charge >= 0.3 is 5.82 Å². The molecule has 0 aromatic heterocycles. The molecule has 0 saturated carbocycles. The van der Waals surface area contributed by atoms with Crippen LogP contribution in [0.15, 0.2) is 35.7 Å². The number of hydroxylamine groups is 2. The highest BCUT2D eigenvalue weighted by Crippen LogP contribution is 2.43. The van der Waals surface area contributed by atoms with Crippen molar-refractivity contribution < 1.29 is 4.76 Å². The van der Waals surface area contributed by atoms with Crippen molar-refractivity contribution in [3.63, 3.8) is 0 Å². The predicted octanol–water partition coefficient (Wildman–Crippen LogP) is 2.49. The molecule has 5 nitrogen and oxygen atoms in total. The second-order valence-corrected chi connectivity index (χ2v) is 5.61. The van der Waals surface area contributed by atoms with Crippen molar-refractivity contribution in [2.45, 2.75) is 38.8 Å². The first kappa shape index (κ1) is 12.7. The maximum absolute atomic E-state index is 12.3. The summed E-state index contributed by atoms with van der Waals surface area (Å²) in [6, 6.07) is 0. The van der Waals surface area contributed by atoms with Crippen LogP contribution in [0.1, 0.15) is 27.7 Å². The van der Waals surface area contributed by atoms with E-state index >= 15 is 0 Å². The SMILES string of the molecule is CC1(C)N([O-])C(=C2C=CC(=N)C=C2)[N+](=O)C1(C)C. The first-order chi connectivity index (χ1) is 8.19. The Hall–Kier alpha value is -1.75. The minimum absolute atomic E-state index is 0.116. The van der Waals surface area contributed by atoms with Gasteiger partial charge in [0, 0.05) is 0 Å². The predicted molar refractivity (Wildman–Crippen MR) is 70.0 cm³/mol. The molecule has 0 atom stereocenters. The van der Waals surface area contributed by atoms with Crippen LogP contribution in [0, 0.1) is 15.5 Å². The highest BCUT2D eigenvalue weighted by molar-refractivity contribution is 6.03. The van der Waals surface area contributed by atoms with Crippen molar-refractivity contribution in [3.05, 3.63) is 45.8 Å². The maximum atomic E-state index is 12.3. The standard InChI is InChI=1S/C13H17N3O2/c1-12(2)13(3,4)16(18)11(15(12)17)9-5-7-10(14)8-6-9/h5-8,14H,1-4H3. The Balaban J connectivity index is 2.58. The first-order valence-corrected chi connectivity index (χ1v) is 5.83. The van der Waals surface area contributed by atoms with Gasteiger partial charge in [-0.15, -0.1) is 0 Å². The van der Waals surface area contributed by atoms with Gasteiger partial charge in [0.15, 0.2) is 5.54 Å². The lowest BCUT2D eigenvalue weighted by atomic mass is 9.84. The summed E-state index contributed by atoms with van der Waals surface area (Å²) < 4.78 is 0.777. The summed E-state index contributed by atoms with van der Waals surface area (Å²) in [5.74, 6) is 0.116. The summed E-state index contributed by atoms with van der Waals surface area (Å²) in [5, 5.41) is 20.5. The average molecular weight is 247 g/mol. The van der Waals surface area contributed by atoms with Crippen molar-refractivity contribution in [2.75, 3.05) is 0 Å². The summed E-state index contributed by atoms with van der Waals surface area (Å²) in [6.07, 6.45) is 6.40. The molecule has 0 amide bonds. The second-order valence-electron chi connectivity index (χ2n) is 5.61. The normalized spacial score (nSPS) is 25.3. The third kappa shape index (κ3) is 1.47. The zero-order valence-electron chi connectivity index (χ0n) is 11.0. The van der Waals surface area contributed by atoms with Crippen LogP contribution >= 0.6 is 0 Å². The summed E-state index contributed by atoms with van der Waals surface area (Å²) in [4.78, 5) is 12.3. The molecule has 5 heteroatoms. The van der Waals surface area contributed by atoms with E-state index in [9.17, 15) is 10.1 Å². The van der Waals surface area contributed by atoms with Crippen molar-refractivity contribution >= 4 is 5.71 Å². The molecular formula is C13H17N3O2. The second kappa shape index (κ2) is 3.62. The number of hydrogen-bond acceptors (Lipinski definition) is 4. The van der Waals surface area contributed by atoms with Crippen molar-refractivity contribution in [2.24, 2.45) is 0 Å². The fourth-order valence-corrected chi connectivity index (χ4v) is 1.96. The van der Waals surface area contributed by atoms with Crippen LogP contribution in [0.25, 0.3) is 0 Å². The molecule has 1 aliphatic carbocycles. The van der Waals surface area contributed by atoms with Gasteiger partial charge in [-0.2, -0.15) is 0 Å². The summed E-state index contributed by atoms with van der Waals surface area (Å²) in [6.45, 7) is 7.04. The third-order valence-corrected chi connectivity index (χ3v) is 4.04. The molecule has 0 aromatic rings. The summed E-state index contributed by atoms with van der Waals surface area (Å²) in [7, 11) is 0. The lowest BCUT2D eigenvalue weighted by Gasteiger charge is -2.34. The van der Waals surface area contributed by atoms with Gasteiger partial charge in [-0.05, 0) is 56.8 Å². The van der Waals surface area contributed by atoms with Crippen molar-refractivity contribution in [1.82, 2.24) is 5.06 Å². The molecule has 96 valence electrons. The molecule has 0 aromatic carbocycles. The van der Waals surface area contributed by atoms with Gasteiger partial charge in [0.05, 0.1) is 11.3 Å². The molecule has 1 heterocycles. The fraction of sp³-hybridized carbons (Fsp3) is 0.462. The number of nitrogens with zero attached hydrogens (tertiary/aromatic N) is 2. The maximum Gasteiger partial charge on any atom is 0.320 e. The quantitative estimate of drug-likeness (QED) is 0.668. The van der Waals surface area contributed by atoms with Crippen LogP contribution < -0.4 is 0 Å². The Kier molecular flexibility index (Phi) is 2.55. The van der Waals surface area contributed by atoms with Gasteiger partial charge in [-0.1, -0.05) is 4.91 Å². The molecule has 0 spiro atoms. The molecule has 1 aliphatic heterocycles. The van der Waals surface area contributed by atoms with Crippen molar-refractivity contribution in [1.29, 1.82) is 5.41 Å². The van der Waals surface area contributed by atoms with E-state index in [2.05, 4.69) is 0 Å². The highest BCUT2D eigenvalue weighted by atomic mass is 16.5. The van der Waals surface area contributed by atoms with E-state index in [0.717, 1.165) is 9.82 Å². The number of allylic oxidation sites excluding steroid dienone is 5. The zero-order valence-corrected chi connectivity index (χ0v) is 11.0. The van der Waals surface area contributed by atoms with Gasteiger partial charge < -0.3 is 10.6 Å². The number of nitroso groups, excluding NO2 is 1.